The van der Waals surface area contributed by atoms with E-state index < -0.39 is 0 Å². The van der Waals surface area contributed by atoms with E-state index in [0.29, 0.717) is 5.75 Å². The van der Waals surface area contributed by atoms with Crippen molar-refractivity contribution in [3.63, 3.8) is 0 Å². The van der Waals surface area contributed by atoms with Gasteiger partial charge in [-0.3, -0.25) is 0 Å². The quantitative estimate of drug-likeness (QED) is 0.455. The molecule has 0 aliphatic carbocycles. The first-order valence-electron chi connectivity index (χ1n) is 8.48. The van der Waals surface area contributed by atoms with E-state index in [1.165, 1.54) is 50.2 Å². The predicted molar refractivity (Wildman–Crippen MR) is 93.4 cm³/mol. The van der Waals surface area contributed by atoms with Crippen molar-refractivity contribution < 1.29 is 14.9 Å². The molecular weight excluding hydrogens is 288 g/mol. The second-order valence-electron chi connectivity index (χ2n) is 5.89. The molecule has 0 aliphatic rings. The van der Waals surface area contributed by atoms with Crippen LogP contribution in [0, 0.1) is 0 Å². The number of hydrogen-bond donors (Lipinski definition) is 2. The lowest BCUT2D eigenvalue weighted by Gasteiger charge is -2.09. The molecule has 2 rings (SSSR count). The first kappa shape index (κ1) is 17.2. The molecule has 0 fully saturated rings. The number of benzene rings is 2. The number of aromatic hydroxyl groups is 2. The zero-order valence-electron chi connectivity index (χ0n) is 13.8. The molecule has 23 heavy (non-hydrogen) atoms. The third kappa shape index (κ3) is 5.51. The van der Waals surface area contributed by atoms with Crippen LogP contribution in [0.3, 0.4) is 0 Å². The molecule has 2 N–H and O–H groups in total. The second kappa shape index (κ2) is 9.09. The summed E-state index contributed by atoms with van der Waals surface area (Å²) >= 11 is 0. The lowest BCUT2D eigenvalue weighted by atomic mass is 10.0. The smallest absolute Gasteiger partial charge is 0.201 e. The molecule has 0 atom stereocenters. The van der Waals surface area contributed by atoms with Crippen molar-refractivity contribution in [2.75, 3.05) is 0 Å². The Morgan fingerprint density at radius 3 is 2.26 bits per heavy atom. The molecule has 0 radical (unpaired) electrons. The summed E-state index contributed by atoms with van der Waals surface area (Å²) in [7, 11) is 0. The molecule has 3 heteroatoms. The highest BCUT2D eigenvalue weighted by Gasteiger charge is 2.07. The van der Waals surface area contributed by atoms with Crippen molar-refractivity contribution in [3.8, 4) is 23.0 Å². The zero-order chi connectivity index (χ0) is 16.5. The number of unbranched alkanes of at least 4 members (excludes halogenated alkanes) is 5. The van der Waals surface area contributed by atoms with Crippen molar-refractivity contribution in [1.29, 1.82) is 0 Å². The van der Waals surface area contributed by atoms with Gasteiger partial charge in [-0.05, 0) is 42.7 Å². The largest absolute Gasteiger partial charge is 0.504 e. The van der Waals surface area contributed by atoms with Crippen LogP contribution < -0.4 is 4.74 Å². The Morgan fingerprint density at radius 2 is 1.52 bits per heavy atom. The Labute approximate surface area is 138 Å². The minimum Gasteiger partial charge on any atom is -0.504 e. The molecule has 0 aliphatic heterocycles. The average molecular weight is 314 g/mol. The number of para-hydroxylation sites is 1. The Hall–Kier alpha value is -2.16. The number of phenolic OH excluding ortho intramolecular Hbond substituents is 2. The standard InChI is InChI=1S/C20H26O3/c1-2-3-4-5-6-7-9-16-12-14-17(15-13-16)23-19-11-8-10-18(21)20(19)22/h8,10-15,21-22H,2-7,9H2,1H3. The minimum absolute atomic E-state index is 0.179. The van der Waals surface area contributed by atoms with Gasteiger partial charge in [0.05, 0.1) is 0 Å². The van der Waals surface area contributed by atoms with Crippen LogP contribution in [0.15, 0.2) is 42.5 Å². The summed E-state index contributed by atoms with van der Waals surface area (Å²) in [6.45, 7) is 2.24. The third-order valence-electron chi connectivity index (χ3n) is 3.95. The number of phenols is 2. The Kier molecular flexibility index (Phi) is 6.79. The van der Waals surface area contributed by atoms with Crippen molar-refractivity contribution in [2.45, 2.75) is 51.9 Å². The lowest BCUT2D eigenvalue weighted by molar-refractivity contribution is 0.373. The van der Waals surface area contributed by atoms with Gasteiger partial charge in [-0.25, -0.2) is 0 Å². The van der Waals surface area contributed by atoms with Gasteiger partial charge >= 0.3 is 0 Å². The summed E-state index contributed by atoms with van der Waals surface area (Å²) in [5.41, 5.74) is 1.30. The van der Waals surface area contributed by atoms with E-state index in [2.05, 4.69) is 19.1 Å². The monoisotopic (exact) mass is 314 g/mol. The van der Waals surface area contributed by atoms with Gasteiger partial charge in [0.25, 0.3) is 0 Å². The number of ether oxygens (including phenoxy) is 1. The second-order valence-corrected chi connectivity index (χ2v) is 5.89. The van der Waals surface area contributed by atoms with Crippen LogP contribution in [0.2, 0.25) is 0 Å². The van der Waals surface area contributed by atoms with Gasteiger partial charge in [0.15, 0.2) is 11.5 Å². The zero-order valence-corrected chi connectivity index (χ0v) is 13.8. The summed E-state index contributed by atoms with van der Waals surface area (Å²) < 4.78 is 5.60. The molecule has 0 heterocycles. The molecule has 2 aromatic carbocycles. The van der Waals surface area contributed by atoms with Gasteiger partial charge in [0.2, 0.25) is 5.75 Å². The average Bonchev–Trinajstić information content (AvgIpc) is 2.56. The molecule has 0 amide bonds. The third-order valence-corrected chi connectivity index (χ3v) is 3.95. The van der Waals surface area contributed by atoms with Crippen LogP contribution in [-0.2, 0) is 6.42 Å². The first-order valence-corrected chi connectivity index (χ1v) is 8.48. The Morgan fingerprint density at radius 1 is 0.826 bits per heavy atom. The molecule has 0 aromatic heterocycles. The van der Waals surface area contributed by atoms with Crippen LogP contribution in [-0.4, -0.2) is 10.2 Å². The van der Waals surface area contributed by atoms with E-state index in [4.69, 9.17) is 4.74 Å². The lowest BCUT2D eigenvalue weighted by Crippen LogP contribution is -1.88. The van der Waals surface area contributed by atoms with E-state index in [1.54, 1.807) is 12.1 Å². The minimum atomic E-state index is -0.233. The summed E-state index contributed by atoms with van der Waals surface area (Å²) in [5.74, 6) is 0.497. The van der Waals surface area contributed by atoms with Gasteiger partial charge in [-0.2, -0.15) is 0 Å². The molecule has 0 spiro atoms. The molecule has 0 unspecified atom stereocenters. The van der Waals surface area contributed by atoms with E-state index in [0.717, 1.165) is 6.42 Å². The van der Waals surface area contributed by atoms with E-state index >= 15 is 0 Å². The highest BCUT2D eigenvalue weighted by Crippen LogP contribution is 2.37. The van der Waals surface area contributed by atoms with Crippen LogP contribution in [0.4, 0.5) is 0 Å². The molecule has 3 nitrogen and oxygen atoms in total. The maximum absolute atomic E-state index is 9.74. The van der Waals surface area contributed by atoms with Gasteiger partial charge in [-0.15, -0.1) is 0 Å². The SMILES string of the molecule is CCCCCCCCc1ccc(Oc2cccc(O)c2O)cc1. The maximum Gasteiger partial charge on any atom is 0.201 e. The van der Waals surface area contributed by atoms with Crippen LogP contribution in [0.25, 0.3) is 0 Å². The summed E-state index contributed by atoms with van der Waals surface area (Å²) in [6, 6.07) is 12.6. The fraction of sp³-hybridized carbons (Fsp3) is 0.400. The molecule has 124 valence electrons. The molecule has 0 saturated heterocycles. The van der Waals surface area contributed by atoms with Gasteiger partial charge < -0.3 is 14.9 Å². The first-order chi connectivity index (χ1) is 11.2. The number of hydrogen-bond acceptors (Lipinski definition) is 3. The predicted octanol–water partition coefficient (Wildman–Crippen LogP) is 5.79. The normalized spacial score (nSPS) is 10.7. The molecule has 0 bridgehead atoms. The van der Waals surface area contributed by atoms with Crippen LogP contribution in [0.1, 0.15) is 51.0 Å². The van der Waals surface area contributed by atoms with E-state index in [9.17, 15) is 10.2 Å². The number of aryl methyl sites for hydroxylation is 1. The van der Waals surface area contributed by atoms with Gasteiger partial charge in [0, 0.05) is 0 Å². The Balaban J connectivity index is 1.81. The number of rotatable bonds is 9. The fourth-order valence-corrected chi connectivity index (χ4v) is 2.55. The van der Waals surface area contributed by atoms with Crippen molar-refractivity contribution in [2.24, 2.45) is 0 Å². The van der Waals surface area contributed by atoms with Gasteiger partial charge in [0.1, 0.15) is 5.75 Å². The molecular formula is C20H26O3. The van der Waals surface area contributed by atoms with E-state index in [-0.39, 0.29) is 17.2 Å². The molecule has 2 aromatic rings. The summed E-state index contributed by atoms with van der Waals surface area (Å²) in [4.78, 5) is 0. The fourth-order valence-electron chi connectivity index (χ4n) is 2.55. The molecule has 0 saturated carbocycles. The van der Waals surface area contributed by atoms with Crippen LogP contribution >= 0.6 is 0 Å². The van der Waals surface area contributed by atoms with Gasteiger partial charge in [-0.1, -0.05) is 57.2 Å². The highest BCUT2D eigenvalue weighted by molar-refractivity contribution is 5.50. The summed E-state index contributed by atoms with van der Waals surface area (Å²) in [6.07, 6.45) is 8.89. The van der Waals surface area contributed by atoms with E-state index in [1.807, 2.05) is 12.1 Å². The van der Waals surface area contributed by atoms with Crippen LogP contribution in [0.5, 0.6) is 23.0 Å². The topological polar surface area (TPSA) is 49.7 Å². The maximum atomic E-state index is 9.74. The highest BCUT2D eigenvalue weighted by atomic mass is 16.5. The summed E-state index contributed by atoms with van der Waals surface area (Å²) in [5, 5.41) is 19.2. The van der Waals surface area contributed by atoms with Crippen molar-refractivity contribution >= 4 is 0 Å². The van der Waals surface area contributed by atoms with Crippen molar-refractivity contribution in [1.82, 2.24) is 0 Å². The van der Waals surface area contributed by atoms with Crippen molar-refractivity contribution in [3.05, 3.63) is 48.0 Å². The Bertz CT molecular complexity index is 590.